The minimum absolute atomic E-state index is 0.00916. The molecule has 0 spiro atoms. The van der Waals surface area contributed by atoms with Crippen molar-refractivity contribution in [1.82, 2.24) is 0 Å². The van der Waals surface area contributed by atoms with Crippen LogP contribution in [0, 0.1) is 22.7 Å². The topological polar surface area (TPSA) is 138 Å². The van der Waals surface area contributed by atoms with Crippen LogP contribution in [-0.2, 0) is 10.0 Å². The van der Waals surface area contributed by atoms with Crippen LogP contribution in [0.1, 0.15) is 0 Å². The first-order chi connectivity index (χ1) is 11.5. The molecule has 0 bridgehead atoms. The van der Waals surface area contributed by atoms with Gasteiger partial charge in [0.05, 0.1) is 5.69 Å². The average Bonchev–Trinajstić information content (AvgIpc) is 2.58. The number of rotatable bonds is 5. The molecule has 0 aromatic heterocycles. The molecule has 2 aromatic carbocycles. The summed E-state index contributed by atoms with van der Waals surface area (Å²) in [7, 11) is -3.95. The molecule has 0 amide bonds. The zero-order valence-corrected chi connectivity index (χ0v) is 12.9. The number of aromatic hydroxyl groups is 1. The Balaban J connectivity index is 2.34. The van der Waals surface area contributed by atoms with E-state index in [1.807, 2.05) is 0 Å². The van der Waals surface area contributed by atoms with Gasteiger partial charge < -0.3 is 5.11 Å². The number of nitriles is 2. The minimum atomic E-state index is -3.95. The van der Waals surface area contributed by atoms with Crippen LogP contribution in [0.3, 0.4) is 0 Å². The Bertz CT molecular complexity index is 938. The van der Waals surface area contributed by atoms with Gasteiger partial charge >= 0.3 is 0 Å². The van der Waals surface area contributed by atoms with E-state index in [1.54, 1.807) is 18.2 Å². The number of phenols is 1. The van der Waals surface area contributed by atoms with Crippen LogP contribution in [0.4, 0.5) is 11.4 Å². The highest BCUT2D eigenvalue weighted by Crippen LogP contribution is 2.24. The van der Waals surface area contributed by atoms with Crippen molar-refractivity contribution in [1.29, 1.82) is 10.5 Å². The summed E-state index contributed by atoms with van der Waals surface area (Å²) in [4.78, 5) is -0.114. The van der Waals surface area contributed by atoms with Crippen molar-refractivity contribution in [2.75, 3.05) is 10.1 Å². The normalized spacial score (nSPS) is 10.1. The summed E-state index contributed by atoms with van der Waals surface area (Å²) in [6.07, 6.45) is 0. The number of anilines is 2. The Morgan fingerprint density at radius 2 is 1.67 bits per heavy atom. The van der Waals surface area contributed by atoms with E-state index >= 15 is 0 Å². The fraction of sp³-hybridized carbons (Fsp3) is 0. The first-order valence-electron chi connectivity index (χ1n) is 6.51. The molecule has 0 atom stereocenters. The molecule has 0 aliphatic heterocycles. The van der Waals surface area contributed by atoms with E-state index in [0.29, 0.717) is 0 Å². The molecule has 8 nitrogen and oxygen atoms in total. The highest BCUT2D eigenvalue weighted by molar-refractivity contribution is 7.92. The largest absolute Gasteiger partial charge is 0.508 e. The lowest BCUT2D eigenvalue weighted by atomic mass is 10.3. The number of hydrogen-bond donors (Lipinski definition) is 3. The second-order valence-corrected chi connectivity index (χ2v) is 6.10. The highest BCUT2D eigenvalue weighted by Gasteiger charge is 2.18. The molecule has 9 heteroatoms. The van der Waals surface area contributed by atoms with E-state index in [9.17, 15) is 13.5 Å². The highest BCUT2D eigenvalue weighted by atomic mass is 32.2. The van der Waals surface area contributed by atoms with E-state index in [2.05, 4.69) is 15.2 Å². The number of benzene rings is 2. The van der Waals surface area contributed by atoms with Gasteiger partial charge in [0, 0.05) is 5.69 Å². The van der Waals surface area contributed by atoms with Gasteiger partial charge in [-0.25, -0.2) is 8.42 Å². The lowest BCUT2D eigenvalue weighted by molar-refractivity contribution is 0.475. The molecule has 24 heavy (non-hydrogen) atoms. The molecule has 0 radical (unpaired) electrons. The smallest absolute Gasteiger partial charge is 0.264 e. The van der Waals surface area contributed by atoms with Crippen molar-refractivity contribution in [2.45, 2.75) is 4.90 Å². The molecule has 0 aliphatic carbocycles. The predicted molar refractivity (Wildman–Crippen MR) is 87.6 cm³/mol. The van der Waals surface area contributed by atoms with Crippen LogP contribution < -0.4 is 10.1 Å². The standard InChI is InChI=1S/C15H11N5O3S/c16-9-12(10-17)18-19-14-3-1-2-4-15(14)24(22,23)20-11-5-7-13(21)8-6-11/h1-8,19-21H. The Morgan fingerprint density at radius 3 is 2.29 bits per heavy atom. The molecular weight excluding hydrogens is 330 g/mol. The Kier molecular flexibility index (Phi) is 5.00. The van der Waals surface area contributed by atoms with Crippen LogP contribution >= 0.6 is 0 Å². The predicted octanol–water partition coefficient (Wildman–Crippen LogP) is 2.01. The summed E-state index contributed by atoms with van der Waals surface area (Å²) >= 11 is 0. The first-order valence-corrected chi connectivity index (χ1v) is 7.99. The lowest BCUT2D eigenvalue weighted by Gasteiger charge is -2.11. The molecule has 0 fully saturated rings. The van der Waals surface area contributed by atoms with Gasteiger partial charge in [-0.2, -0.15) is 15.6 Å². The van der Waals surface area contributed by atoms with Gasteiger partial charge in [-0.05, 0) is 36.4 Å². The summed E-state index contributed by atoms with van der Waals surface area (Å²) in [5.74, 6) is 0.00916. The number of para-hydroxylation sites is 1. The maximum absolute atomic E-state index is 12.5. The van der Waals surface area contributed by atoms with Crippen LogP contribution in [0.15, 0.2) is 58.5 Å². The number of hydrogen-bond acceptors (Lipinski definition) is 7. The molecular formula is C15H11N5O3S. The van der Waals surface area contributed by atoms with Gasteiger partial charge in [0.1, 0.15) is 22.8 Å². The summed E-state index contributed by atoms with van der Waals surface area (Å²) in [5, 5.41) is 30.1. The maximum atomic E-state index is 12.5. The van der Waals surface area contributed by atoms with Gasteiger partial charge in [0.25, 0.3) is 10.0 Å². The van der Waals surface area contributed by atoms with Crippen molar-refractivity contribution >= 4 is 27.1 Å². The third-order valence-electron chi connectivity index (χ3n) is 2.80. The number of sulfonamides is 1. The number of phenolic OH excluding ortho intramolecular Hbond substituents is 1. The van der Waals surface area contributed by atoms with Crippen molar-refractivity contribution in [3.63, 3.8) is 0 Å². The first kappa shape index (κ1) is 16.8. The molecule has 2 rings (SSSR count). The second kappa shape index (κ2) is 7.13. The van der Waals surface area contributed by atoms with Gasteiger partial charge in [0.15, 0.2) is 0 Å². The third kappa shape index (κ3) is 4.00. The zero-order valence-electron chi connectivity index (χ0n) is 12.1. The molecule has 2 aromatic rings. The molecule has 120 valence electrons. The van der Waals surface area contributed by atoms with Gasteiger partial charge in [-0.1, -0.05) is 12.1 Å². The van der Waals surface area contributed by atoms with E-state index in [0.717, 1.165) is 0 Å². The Labute approximate surface area is 138 Å². The average molecular weight is 341 g/mol. The number of nitrogens with one attached hydrogen (secondary N) is 2. The van der Waals surface area contributed by atoms with Crippen molar-refractivity contribution < 1.29 is 13.5 Å². The Hall–Kier alpha value is -3.56. The van der Waals surface area contributed by atoms with Crippen molar-refractivity contribution in [2.24, 2.45) is 5.10 Å². The van der Waals surface area contributed by atoms with Gasteiger partial charge in [0.2, 0.25) is 5.71 Å². The van der Waals surface area contributed by atoms with Crippen LogP contribution in [0.2, 0.25) is 0 Å². The van der Waals surface area contributed by atoms with Crippen LogP contribution in [-0.4, -0.2) is 19.2 Å². The number of hydrazone groups is 1. The molecule has 0 saturated carbocycles. The van der Waals surface area contributed by atoms with Crippen molar-refractivity contribution in [3.8, 4) is 17.9 Å². The SMILES string of the molecule is N#CC(C#N)=NNc1ccccc1S(=O)(=O)Nc1ccc(O)cc1. The molecule has 3 N–H and O–H groups in total. The minimum Gasteiger partial charge on any atom is -0.508 e. The summed E-state index contributed by atoms with van der Waals surface area (Å²) in [6.45, 7) is 0. The fourth-order valence-corrected chi connectivity index (χ4v) is 2.94. The Morgan fingerprint density at radius 1 is 1.04 bits per heavy atom. The monoisotopic (exact) mass is 341 g/mol. The van der Waals surface area contributed by atoms with E-state index in [4.69, 9.17) is 10.5 Å². The molecule has 0 aliphatic rings. The summed E-state index contributed by atoms with van der Waals surface area (Å²) in [6, 6.07) is 14.5. The van der Waals surface area contributed by atoms with Crippen LogP contribution in [0.5, 0.6) is 5.75 Å². The van der Waals surface area contributed by atoms with Crippen molar-refractivity contribution in [3.05, 3.63) is 48.5 Å². The molecule has 0 heterocycles. The fourth-order valence-electron chi connectivity index (χ4n) is 1.72. The summed E-state index contributed by atoms with van der Waals surface area (Å²) in [5.41, 5.74) is 2.33. The molecule has 0 unspecified atom stereocenters. The maximum Gasteiger partial charge on any atom is 0.264 e. The van der Waals surface area contributed by atoms with E-state index in [-0.39, 0.29) is 22.0 Å². The summed E-state index contributed by atoms with van der Waals surface area (Å²) < 4.78 is 27.4. The quantitative estimate of drug-likeness (QED) is 0.432. The molecule has 0 saturated heterocycles. The lowest BCUT2D eigenvalue weighted by Crippen LogP contribution is -2.14. The van der Waals surface area contributed by atoms with E-state index in [1.165, 1.54) is 42.5 Å². The third-order valence-corrected chi connectivity index (χ3v) is 4.24. The second-order valence-electron chi connectivity index (χ2n) is 4.44. The van der Waals surface area contributed by atoms with Gasteiger partial charge in [-0.15, -0.1) is 0 Å². The zero-order chi connectivity index (χ0) is 17.6. The number of nitrogens with zero attached hydrogens (tertiary/aromatic N) is 3. The van der Waals surface area contributed by atoms with Gasteiger partial charge in [-0.3, -0.25) is 10.1 Å². The van der Waals surface area contributed by atoms with Crippen LogP contribution in [0.25, 0.3) is 0 Å². The van der Waals surface area contributed by atoms with E-state index < -0.39 is 15.7 Å².